The Morgan fingerprint density at radius 3 is 2.40 bits per heavy atom. The molecular weight excluding hydrogens is 398 g/mol. The zero-order chi connectivity index (χ0) is 21.8. The summed E-state index contributed by atoms with van der Waals surface area (Å²) in [6.07, 6.45) is 0.680. The van der Waals surface area contributed by atoms with Gasteiger partial charge in [0.1, 0.15) is 0 Å². The summed E-state index contributed by atoms with van der Waals surface area (Å²) in [6, 6.07) is 5.43. The van der Waals surface area contributed by atoms with Crippen molar-refractivity contribution in [2.45, 2.75) is 31.8 Å². The van der Waals surface area contributed by atoms with Gasteiger partial charge in [0.2, 0.25) is 11.8 Å². The molecule has 0 radical (unpaired) electrons. The largest absolute Gasteiger partial charge is 0.478 e. The molecule has 0 saturated carbocycles. The van der Waals surface area contributed by atoms with Crippen LogP contribution in [0.15, 0.2) is 36.4 Å². The fourth-order valence-corrected chi connectivity index (χ4v) is 4.25. The topological polar surface area (TPSA) is 137 Å². The van der Waals surface area contributed by atoms with E-state index in [1.54, 1.807) is 6.08 Å². The molecule has 2 bridgehead atoms. The summed E-state index contributed by atoms with van der Waals surface area (Å²) < 4.78 is 16.1. The molecule has 1 aromatic rings. The van der Waals surface area contributed by atoms with Gasteiger partial charge in [0.25, 0.3) is 6.29 Å². The third kappa shape index (κ3) is 2.79. The summed E-state index contributed by atoms with van der Waals surface area (Å²) in [5.41, 5.74) is -1.64. The molecule has 2 fully saturated rings. The van der Waals surface area contributed by atoms with E-state index in [0.717, 1.165) is 18.7 Å². The van der Waals surface area contributed by atoms with Crippen LogP contribution in [0.5, 0.6) is 0 Å². The van der Waals surface area contributed by atoms with E-state index in [0.29, 0.717) is 0 Å². The van der Waals surface area contributed by atoms with Crippen LogP contribution in [-0.4, -0.2) is 52.8 Å². The first kappa shape index (κ1) is 19.8. The van der Waals surface area contributed by atoms with Crippen molar-refractivity contribution in [3.8, 4) is 0 Å². The van der Waals surface area contributed by atoms with Crippen LogP contribution in [0.1, 0.15) is 24.2 Å². The lowest BCUT2D eigenvalue weighted by atomic mass is 9.76. The normalized spacial score (nSPS) is 28.8. The van der Waals surface area contributed by atoms with Crippen LogP contribution >= 0.6 is 0 Å². The predicted molar refractivity (Wildman–Crippen MR) is 96.9 cm³/mol. The number of anilines is 1. The van der Waals surface area contributed by atoms with Crippen molar-refractivity contribution >= 4 is 35.4 Å². The molecule has 3 aliphatic heterocycles. The molecule has 10 nitrogen and oxygen atoms in total. The first-order valence-corrected chi connectivity index (χ1v) is 9.08. The Bertz CT molecular complexity index is 999. The molecule has 0 spiro atoms. The Labute approximate surface area is 170 Å². The second-order valence-electron chi connectivity index (χ2n) is 7.22. The summed E-state index contributed by atoms with van der Waals surface area (Å²) >= 11 is 0. The van der Waals surface area contributed by atoms with Crippen LogP contribution in [0, 0.1) is 11.8 Å². The molecule has 0 aromatic heterocycles. The summed E-state index contributed by atoms with van der Waals surface area (Å²) in [6.45, 7) is 2.22. The lowest BCUT2D eigenvalue weighted by molar-refractivity contribution is -0.226. The molecule has 2 amide bonds. The zero-order valence-electron chi connectivity index (χ0n) is 15.9. The SMILES string of the molecule is CC(=O)OC(OC(C)=O)[C@@]12C=C[C@@H](O1)[C@H]1C(=O)N(c3cccc(C(=O)O)c3)C(=O)[C@H]12. The van der Waals surface area contributed by atoms with Gasteiger partial charge in [-0.15, -0.1) is 0 Å². The van der Waals surface area contributed by atoms with Crippen molar-refractivity contribution in [3.05, 3.63) is 42.0 Å². The van der Waals surface area contributed by atoms with E-state index in [1.807, 2.05) is 0 Å². The maximum absolute atomic E-state index is 13.3. The number of carboxylic acid groups (broad SMARTS) is 1. The molecule has 1 aromatic carbocycles. The molecule has 2 saturated heterocycles. The van der Waals surface area contributed by atoms with Gasteiger partial charge in [0, 0.05) is 13.8 Å². The molecule has 1 N–H and O–H groups in total. The lowest BCUT2D eigenvalue weighted by Gasteiger charge is -2.34. The Morgan fingerprint density at radius 1 is 1.13 bits per heavy atom. The quantitative estimate of drug-likeness (QED) is 0.318. The number of carbonyl (C=O) groups is 5. The number of hydrogen-bond donors (Lipinski definition) is 1. The smallest absolute Gasteiger partial charge is 0.335 e. The average molecular weight is 415 g/mol. The van der Waals surface area contributed by atoms with Crippen LogP contribution in [-0.2, 0) is 33.4 Å². The second kappa shape index (κ2) is 6.77. The standard InChI is InChI=1S/C20H17NO9/c1-9(22)28-19(29-10(2)23)20-7-6-13(30-20)14-15(20)17(25)21(16(14)24)12-5-3-4-11(8-12)18(26)27/h3-8,13-15,19H,1-2H3,(H,26,27)/t13-,14-,15+,20+/m1/s1. The van der Waals surface area contributed by atoms with Gasteiger partial charge in [0.15, 0.2) is 5.60 Å². The number of ether oxygens (including phenoxy) is 3. The fraction of sp³-hybridized carbons (Fsp3) is 0.350. The van der Waals surface area contributed by atoms with Crippen molar-refractivity contribution in [1.29, 1.82) is 0 Å². The number of carbonyl (C=O) groups excluding carboxylic acids is 4. The Morgan fingerprint density at radius 2 is 1.80 bits per heavy atom. The minimum absolute atomic E-state index is 0.0880. The number of imide groups is 1. The maximum atomic E-state index is 13.3. The minimum Gasteiger partial charge on any atom is -0.478 e. The first-order chi connectivity index (χ1) is 14.2. The summed E-state index contributed by atoms with van der Waals surface area (Å²) in [5.74, 6) is -6.01. The number of rotatable bonds is 5. The van der Waals surface area contributed by atoms with E-state index in [1.165, 1.54) is 30.3 Å². The average Bonchev–Trinajstić information content (AvgIpc) is 3.32. The number of aromatic carboxylic acids is 1. The van der Waals surface area contributed by atoms with Crippen molar-refractivity contribution in [2.75, 3.05) is 4.90 Å². The third-order valence-electron chi connectivity index (χ3n) is 5.34. The number of amides is 2. The molecule has 156 valence electrons. The molecule has 10 heteroatoms. The number of fused-ring (bicyclic) bond motifs is 5. The van der Waals surface area contributed by atoms with Crippen LogP contribution in [0.4, 0.5) is 5.69 Å². The van der Waals surface area contributed by atoms with Crippen molar-refractivity contribution in [1.82, 2.24) is 0 Å². The van der Waals surface area contributed by atoms with Crippen molar-refractivity contribution in [3.63, 3.8) is 0 Å². The predicted octanol–water partition coefficient (Wildman–Crippen LogP) is 0.650. The number of esters is 2. The van der Waals surface area contributed by atoms with Gasteiger partial charge in [0.05, 0.1) is 29.2 Å². The highest BCUT2D eigenvalue weighted by Crippen LogP contribution is 2.54. The fourth-order valence-electron chi connectivity index (χ4n) is 4.25. The molecule has 3 heterocycles. The van der Waals surface area contributed by atoms with Crippen LogP contribution < -0.4 is 4.90 Å². The molecule has 30 heavy (non-hydrogen) atoms. The number of benzene rings is 1. The van der Waals surface area contributed by atoms with Gasteiger partial charge in [-0.1, -0.05) is 12.1 Å². The summed E-state index contributed by atoms with van der Waals surface area (Å²) in [4.78, 5) is 61.7. The van der Waals surface area contributed by atoms with Gasteiger partial charge in [-0.25, -0.2) is 9.69 Å². The van der Waals surface area contributed by atoms with Crippen LogP contribution in [0.3, 0.4) is 0 Å². The van der Waals surface area contributed by atoms with Crippen molar-refractivity contribution < 1.29 is 43.3 Å². The summed E-state index contributed by atoms with van der Waals surface area (Å²) in [7, 11) is 0. The Kier molecular flexibility index (Phi) is 4.46. The van der Waals surface area contributed by atoms with E-state index in [4.69, 9.17) is 14.2 Å². The maximum Gasteiger partial charge on any atom is 0.335 e. The van der Waals surface area contributed by atoms with Gasteiger partial charge in [-0.05, 0) is 24.3 Å². The van der Waals surface area contributed by atoms with Crippen LogP contribution in [0.25, 0.3) is 0 Å². The number of hydrogen-bond acceptors (Lipinski definition) is 8. The van der Waals surface area contributed by atoms with Gasteiger partial charge in [-0.3, -0.25) is 19.2 Å². The number of nitrogens with zero attached hydrogens (tertiary/aromatic N) is 1. The monoisotopic (exact) mass is 415 g/mol. The van der Waals surface area contributed by atoms with E-state index in [-0.39, 0.29) is 11.3 Å². The first-order valence-electron chi connectivity index (χ1n) is 9.08. The van der Waals surface area contributed by atoms with Gasteiger partial charge >= 0.3 is 17.9 Å². The Balaban J connectivity index is 1.75. The van der Waals surface area contributed by atoms with Gasteiger partial charge < -0.3 is 19.3 Å². The highest BCUT2D eigenvalue weighted by Gasteiger charge is 2.72. The molecule has 4 rings (SSSR count). The molecule has 3 aliphatic rings. The second-order valence-corrected chi connectivity index (χ2v) is 7.22. The molecular formula is C20H17NO9. The molecule has 0 aliphatic carbocycles. The van der Waals surface area contributed by atoms with E-state index >= 15 is 0 Å². The van der Waals surface area contributed by atoms with E-state index in [2.05, 4.69) is 0 Å². The zero-order valence-corrected chi connectivity index (χ0v) is 15.9. The minimum atomic E-state index is -1.65. The van der Waals surface area contributed by atoms with E-state index < -0.39 is 59.6 Å². The van der Waals surface area contributed by atoms with Crippen LogP contribution in [0.2, 0.25) is 0 Å². The highest BCUT2D eigenvalue weighted by atomic mass is 16.7. The Hall–Kier alpha value is -3.53. The van der Waals surface area contributed by atoms with Gasteiger partial charge in [-0.2, -0.15) is 0 Å². The highest BCUT2D eigenvalue weighted by molar-refractivity contribution is 6.23. The van der Waals surface area contributed by atoms with E-state index in [9.17, 15) is 29.1 Å². The van der Waals surface area contributed by atoms with Crippen molar-refractivity contribution in [2.24, 2.45) is 11.8 Å². The summed E-state index contributed by atoms with van der Waals surface area (Å²) in [5, 5.41) is 9.21. The number of carboxylic acids is 1. The molecule has 0 unspecified atom stereocenters. The third-order valence-corrected chi connectivity index (χ3v) is 5.34. The molecule has 4 atom stereocenters. The lowest BCUT2D eigenvalue weighted by Crippen LogP contribution is -2.52.